The number of hydrogen-bond donors (Lipinski definition) is 1. The molecule has 6 bridgehead atoms. The Kier molecular flexibility index (Phi) is 1.35. The van der Waals surface area contributed by atoms with E-state index in [1.54, 1.807) is 0 Å². The Hall–Kier alpha value is 1.40. The number of halogens is 3. The predicted octanol–water partition coefficient (Wildman–Crippen LogP) is 2.74. The fourth-order valence-corrected chi connectivity index (χ4v) is 10.4. The predicted molar refractivity (Wildman–Crippen MR) is 67.3 cm³/mol. The number of aliphatic hydroxyl groups is 1. The Bertz CT molecular complexity index is 395. The maximum atomic E-state index is 11.0. The maximum Gasteiger partial charge on any atom is 0.0898 e. The summed E-state index contributed by atoms with van der Waals surface area (Å²) in [4.78, 5) is 0.363. The van der Waals surface area contributed by atoms with E-state index in [9.17, 15) is 5.11 Å². The molecular weight excluding hydrogens is 388 g/mol. The molecule has 0 unspecified atom stereocenters. The quantitative estimate of drug-likeness (QED) is 0.622. The molecule has 0 saturated heterocycles. The van der Waals surface area contributed by atoms with Gasteiger partial charge in [0.2, 0.25) is 0 Å². The van der Waals surface area contributed by atoms with Crippen LogP contribution in [0.5, 0.6) is 0 Å². The van der Waals surface area contributed by atoms with E-state index in [4.69, 9.17) is 0 Å². The van der Waals surface area contributed by atoms with Crippen molar-refractivity contribution in [2.45, 2.75) is 20.1 Å². The SMILES string of the molecule is O[C@]12[C@@H]3[C@@H]4C[C@@H]5[C@@H]([C@H]4[C@H]1Br)[C@@H]2C(Br)(Br)[C@H]53. The Labute approximate surface area is 114 Å². The zero-order valence-electron chi connectivity index (χ0n) is 7.91. The van der Waals surface area contributed by atoms with Crippen LogP contribution in [0.25, 0.3) is 0 Å². The van der Waals surface area contributed by atoms with E-state index in [1.807, 2.05) is 0 Å². The molecule has 9 atom stereocenters. The van der Waals surface area contributed by atoms with Crippen LogP contribution in [0.4, 0.5) is 0 Å². The highest BCUT2D eigenvalue weighted by molar-refractivity contribution is 9.25. The summed E-state index contributed by atoms with van der Waals surface area (Å²) in [5.74, 6) is 4.93. The molecule has 0 aromatic carbocycles. The molecule has 6 aliphatic rings. The zero-order valence-corrected chi connectivity index (χ0v) is 12.7. The zero-order chi connectivity index (χ0) is 10.3. The van der Waals surface area contributed by atoms with Gasteiger partial charge in [0, 0.05) is 10.7 Å². The molecule has 0 heterocycles. The van der Waals surface area contributed by atoms with Crippen LogP contribution in [-0.4, -0.2) is 18.8 Å². The first-order valence-electron chi connectivity index (χ1n) is 5.75. The van der Waals surface area contributed by atoms with Crippen molar-refractivity contribution in [3.05, 3.63) is 0 Å². The van der Waals surface area contributed by atoms with Crippen molar-refractivity contribution in [1.82, 2.24) is 0 Å². The molecule has 15 heavy (non-hydrogen) atoms. The molecule has 0 amide bonds. The standard InChI is InChI=1S/C11H11Br3O/c12-9-5-3-1-2-4(5)8-10(9,15)6(3)7(2)11(8,13)14/h2-9,15H,1H2/t2-,3-,4+,5+,6-,7-,8+,9-,10+/m1/s1. The summed E-state index contributed by atoms with van der Waals surface area (Å²) in [6.45, 7) is 0. The van der Waals surface area contributed by atoms with E-state index in [-0.39, 0.29) is 3.23 Å². The van der Waals surface area contributed by atoms with Gasteiger partial charge in [0.25, 0.3) is 0 Å². The fraction of sp³-hybridized carbons (Fsp3) is 1.00. The fourth-order valence-electron chi connectivity index (χ4n) is 6.49. The maximum absolute atomic E-state index is 11.0. The van der Waals surface area contributed by atoms with E-state index in [0.717, 1.165) is 23.7 Å². The highest BCUT2D eigenvalue weighted by Crippen LogP contribution is 2.89. The first-order valence-corrected chi connectivity index (χ1v) is 8.25. The van der Waals surface area contributed by atoms with Crippen molar-refractivity contribution in [2.24, 2.45) is 41.4 Å². The van der Waals surface area contributed by atoms with E-state index in [2.05, 4.69) is 47.8 Å². The number of rotatable bonds is 0. The number of hydrogen-bond acceptors (Lipinski definition) is 1. The molecule has 4 heteroatoms. The first kappa shape index (κ1) is 9.35. The lowest BCUT2D eigenvalue weighted by Gasteiger charge is -2.38. The van der Waals surface area contributed by atoms with Crippen LogP contribution in [0.1, 0.15) is 6.42 Å². The molecule has 6 rings (SSSR count). The van der Waals surface area contributed by atoms with Crippen molar-refractivity contribution in [2.75, 3.05) is 0 Å². The second-order valence-corrected chi connectivity index (χ2v) is 10.9. The summed E-state index contributed by atoms with van der Waals surface area (Å²) < 4.78 is 0.0424. The molecule has 1 nitrogen and oxygen atoms in total. The van der Waals surface area contributed by atoms with Gasteiger partial charge in [0.1, 0.15) is 0 Å². The molecule has 6 aliphatic carbocycles. The summed E-state index contributed by atoms with van der Waals surface area (Å²) >= 11 is 11.6. The Morgan fingerprint density at radius 2 is 1.73 bits per heavy atom. The highest BCUT2D eigenvalue weighted by Gasteiger charge is 2.91. The van der Waals surface area contributed by atoms with Crippen molar-refractivity contribution in [1.29, 1.82) is 0 Å². The van der Waals surface area contributed by atoms with Crippen molar-refractivity contribution in [3.63, 3.8) is 0 Å². The van der Waals surface area contributed by atoms with Crippen molar-refractivity contribution < 1.29 is 5.11 Å². The Morgan fingerprint density at radius 3 is 2.40 bits per heavy atom. The van der Waals surface area contributed by atoms with Crippen molar-refractivity contribution >= 4 is 47.8 Å². The summed E-state index contributed by atoms with van der Waals surface area (Å²) in [7, 11) is 0. The third kappa shape index (κ3) is 0.609. The van der Waals surface area contributed by atoms with Gasteiger partial charge in [-0.05, 0) is 41.9 Å². The Morgan fingerprint density at radius 1 is 1.07 bits per heavy atom. The molecule has 1 N–H and O–H groups in total. The van der Waals surface area contributed by atoms with Crippen LogP contribution in [0, 0.1) is 41.4 Å². The van der Waals surface area contributed by atoms with E-state index < -0.39 is 5.60 Å². The monoisotopic (exact) mass is 396 g/mol. The lowest BCUT2D eigenvalue weighted by atomic mass is 9.69. The summed E-state index contributed by atoms with van der Waals surface area (Å²) in [5.41, 5.74) is -0.412. The van der Waals surface area contributed by atoms with Gasteiger partial charge in [-0.3, -0.25) is 0 Å². The van der Waals surface area contributed by atoms with Crippen molar-refractivity contribution in [3.8, 4) is 0 Å². The molecule has 0 radical (unpaired) electrons. The van der Waals surface area contributed by atoms with E-state index in [0.29, 0.717) is 22.6 Å². The summed E-state index contributed by atoms with van der Waals surface area (Å²) in [6, 6.07) is 0. The molecule has 0 aromatic rings. The molecule has 0 aliphatic heterocycles. The van der Waals surface area contributed by atoms with Crippen LogP contribution < -0.4 is 0 Å². The van der Waals surface area contributed by atoms with E-state index >= 15 is 0 Å². The minimum absolute atomic E-state index is 0.0424. The van der Waals surface area contributed by atoms with Gasteiger partial charge in [-0.15, -0.1) is 0 Å². The van der Waals surface area contributed by atoms with Crippen LogP contribution in [0.15, 0.2) is 0 Å². The third-order valence-corrected chi connectivity index (χ3v) is 9.73. The first-order chi connectivity index (χ1) is 7.00. The van der Waals surface area contributed by atoms with Gasteiger partial charge in [-0.1, -0.05) is 47.8 Å². The van der Waals surface area contributed by atoms with Gasteiger partial charge in [0.15, 0.2) is 0 Å². The van der Waals surface area contributed by atoms with Gasteiger partial charge in [0.05, 0.1) is 8.83 Å². The van der Waals surface area contributed by atoms with Gasteiger partial charge < -0.3 is 5.11 Å². The molecule has 6 fully saturated rings. The van der Waals surface area contributed by atoms with Crippen LogP contribution in [0.2, 0.25) is 0 Å². The largest absolute Gasteiger partial charge is 0.388 e. The van der Waals surface area contributed by atoms with Crippen LogP contribution in [0.3, 0.4) is 0 Å². The summed E-state index contributed by atoms with van der Waals surface area (Å²) in [6.07, 6.45) is 1.38. The van der Waals surface area contributed by atoms with E-state index in [1.165, 1.54) is 6.42 Å². The Balaban J connectivity index is 1.88. The second kappa shape index (κ2) is 2.17. The molecule has 6 saturated carbocycles. The topological polar surface area (TPSA) is 20.2 Å². The van der Waals surface area contributed by atoms with Gasteiger partial charge >= 0.3 is 0 Å². The average Bonchev–Trinajstić information content (AvgIpc) is 2.81. The van der Waals surface area contributed by atoms with Gasteiger partial charge in [-0.2, -0.15) is 0 Å². The van der Waals surface area contributed by atoms with Crippen LogP contribution in [-0.2, 0) is 0 Å². The highest BCUT2D eigenvalue weighted by atomic mass is 79.9. The minimum Gasteiger partial charge on any atom is -0.388 e. The molecule has 0 aromatic heterocycles. The summed E-state index contributed by atoms with van der Waals surface area (Å²) in [5, 5.41) is 11.0. The normalized spacial score (nSPS) is 79.2. The minimum atomic E-state index is -0.412. The lowest BCUT2D eigenvalue weighted by molar-refractivity contribution is -0.0514. The average molecular weight is 399 g/mol. The van der Waals surface area contributed by atoms with Crippen LogP contribution >= 0.6 is 47.8 Å². The number of alkyl halides is 3. The second-order valence-electron chi connectivity index (χ2n) is 6.21. The molecule has 0 spiro atoms. The molecular formula is C11H11Br3O. The van der Waals surface area contributed by atoms with Gasteiger partial charge in [-0.25, -0.2) is 0 Å². The molecule has 82 valence electrons. The third-order valence-electron chi connectivity index (χ3n) is 6.34. The smallest absolute Gasteiger partial charge is 0.0898 e. The lowest BCUT2D eigenvalue weighted by Crippen LogP contribution is -2.46.